The Morgan fingerprint density at radius 1 is 0.939 bits per heavy atom. The van der Waals surface area contributed by atoms with Crippen molar-refractivity contribution in [1.82, 2.24) is 29.5 Å². The van der Waals surface area contributed by atoms with Crippen molar-refractivity contribution in [2.75, 3.05) is 5.73 Å². The number of anilines is 1. The van der Waals surface area contributed by atoms with Crippen LogP contribution in [-0.4, -0.2) is 29.5 Å². The van der Waals surface area contributed by atoms with Gasteiger partial charge in [0.05, 0.1) is 17.7 Å². The van der Waals surface area contributed by atoms with Gasteiger partial charge in [0.2, 0.25) is 5.95 Å². The van der Waals surface area contributed by atoms with Gasteiger partial charge in [-0.25, -0.2) is 4.98 Å². The van der Waals surface area contributed by atoms with Crippen LogP contribution in [0.1, 0.15) is 0 Å². The average molecular weight is 633 g/mol. The summed E-state index contributed by atoms with van der Waals surface area (Å²) in [4.78, 5) is 20.7. The molecule has 0 saturated heterocycles. The number of nitrogens with zero attached hydrogens (tertiary/aromatic N) is 6. The van der Waals surface area contributed by atoms with Crippen LogP contribution in [0.5, 0.6) is 0 Å². The third kappa shape index (κ3) is 5.81. The maximum absolute atomic E-state index is 6.86. The minimum atomic E-state index is 0. The van der Waals surface area contributed by atoms with E-state index in [0.29, 0.717) is 11.2 Å². The number of rotatable bonds is 3. The van der Waals surface area contributed by atoms with E-state index in [-0.39, 0.29) is 38.7 Å². The van der Waals surface area contributed by atoms with Crippen LogP contribution in [0.15, 0.2) is 73.2 Å². The molecule has 4 aromatic heterocycles. The number of fused-ring (bicyclic) bond motifs is 1. The first-order valence-corrected chi connectivity index (χ1v) is 9.92. The van der Waals surface area contributed by atoms with Gasteiger partial charge in [-0.3, -0.25) is 9.97 Å². The molecule has 0 radical (unpaired) electrons. The van der Waals surface area contributed by atoms with E-state index in [1.807, 2.05) is 60.7 Å². The summed E-state index contributed by atoms with van der Waals surface area (Å²) >= 11 is 5.80. The normalized spacial score (nSPS) is 9.94. The molecule has 5 aromatic rings. The molecule has 0 saturated carbocycles. The van der Waals surface area contributed by atoms with Crippen molar-refractivity contribution in [3.05, 3.63) is 90.8 Å². The predicted octanol–water partition coefficient (Wildman–Crippen LogP) is 4.26. The Morgan fingerprint density at radius 2 is 1.73 bits per heavy atom. The Kier molecular flexibility index (Phi) is 8.26. The van der Waals surface area contributed by atoms with Crippen LogP contribution in [-0.2, 0) is 27.6 Å². The van der Waals surface area contributed by atoms with Crippen molar-refractivity contribution >= 4 is 28.7 Å². The van der Waals surface area contributed by atoms with Crippen LogP contribution < -0.4 is 5.73 Å². The van der Waals surface area contributed by atoms with Gasteiger partial charge in [0.25, 0.3) is 0 Å². The summed E-state index contributed by atoms with van der Waals surface area (Å²) in [5.74, 6) is 2.32. The molecule has 0 fully saturated rings. The number of nitrogen functional groups attached to an aromatic ring is 1. The van der Waals surface area contributed by atoms with E-state index in [2.05, 4.69) is 36.9 Å². The molecule has 164 valence electrons. The smallest absolute Gasteiger partial charge is 0.692 e. The van der Waals surface area contributed by atoms with Crippen molar-refractivity contribution in [3.8, 4) is 28.6 Å². The summed E-state index contributed by atoms with van der Waals surface area (Å²) in [6, 6.07) is 22.8. The summed E-state index contributed by atoms with van der Waals surface area (Å²) in [6.07, 6.45) is 10.2. The van der Waals surface area contributed by atoms with Gasteiger partial charge in [-0.1, -0.05) is 29.8 Å². The summed E-state index contributed by atoms with van der Waals surface area (Å²) in [7, 11) is 0. The quantitative estimate of drug-likeness (QED) is 0.182. The molecule has 1 aromatic carbocycles. The molecule has 0 aliphatic heterocycles. The van der Waals surface area contributed by atoms with Crippen LogP contribution in [0, 0.1) is 18.4 Å². The van der Waals surface area contributed by atoms with Crippen LogP contribution in [0.25, 0.3) is 33.8 Å². The van der Waals surface area contributed by atoms with E-state index in [4.69, 9.17) is 23.8 Å². The fraction of sp³-hybridized carbons (Fsp3) is 0.0417. The zero-order valence-electron chi connectivity index (χ0n) is 17.1. The summed E-state index contributed by atoms with van der Waals surface area (Å²) in [6.45, 7) is 0.267. The zero-order chi connectivity index (χ0) is 22.3. The SMILES string of the molecule is [C-]#CCn1cnc2c(Cl)nc(N)nc21.[Pt+2].[c-]1ccccc1-c1cccc(-c2ccccn2)n1. The van der Waals surface area contributed by atoms with Gasteiger partial charge in [0.15, 0.2) is 10.8 Å². The van der Waals surface area contributed by atoms with Crippen LogP contribution in [0.2, 0.25) is 5.15 Å². The first-order valence-electron chi connectivity index (χ1n) is 9.54. The van der Waals surface area contributed by atoms with Gasteiger partial charge in [-0.05, 0) is 23.9 Å². The van der Waals surface area contributed by atoms with Gasteiger partial charge in [0, 0.05) is 12.7 Å². The van der Waals surface area contributed by atoms with E-state index in [0.717, 1.165) is 22.6 Å². The van der Waals surface area contributed by atoms with Crippen molar-refractivity contribution in [3.63, 3.8) is 0 Å². The monoisotopic (exact) mass is 632 g/mol. The number of nitrogens with two attached hydrogens (primary N) is 1. The predicted molar refractivity (Wildman–Crippen MR) is 124 cm³/mol. The molecule has 2 N–H and O–H groups in total. The largest absolute Gasteiger partial charge is 2.00 e. The molecule has 9 heteroatoms. The number of pyridine rings is 2. The van der Waals surface area contributed by atoms with E-state index in [1.165, 1.54) is 6.33 Å². The fourth-order valence-corrected chi connectivity index (χ4v) is 3.14. The van der Waals surface area contributed by atoms with Gasteiger partial charge in [-0.15, -0.1) is 35.9 Å². The number of benzene rings is 1. The average Bonchev–Trinajstić information content (AvgIpc) is 3.24. The molecule has 0 aliphatic carbocycles. The number of imidazole rings is 1. The Bertz CT molecular complexity index is 1330. The maximum Gasteiger partial charge on any atom is 2.00 e. The summed E-state index contributed by atoms with van der Waals surface area (Å²) in [5.41, 5.74) is 10.1. The minimum Gasteiger partial charge on any atom is -0.692 e. The topological polar surface area (TPSA) is 95.4 Å². The molecule has 0 amide bonds. The van der Waals surface area contributed by atoms with E-state index < -0.39 is 0 Å². The molecule has 0 spiro atoms. The Balaban J connectivity index is 0.000000186. The standard InChI is InChI=1S/C16H11N2.C8H5ClN5.Pt/c1-2-7-13(8-3-1)14-10-6-11-16(18-14)15-9-4-5-12-17-15;1-2-3-14-4-11-5-6(9)12-8(10)13-7(5)14;/h1-7,9-12H;4H,3H2,(H2,10,12,13);/q2*-1;+2. The third-order valence-corrected chi connectivity index (χ3v) is 4.61. The van der Waals surface area contributed by atoms with Crippen LogP contribution in [0.4, 0.5) is 5.95 Å². The van der Waals surface area contributed by atoms with Crippen LogP contribution in [0.3, 0.4) is 0 Å². The fourth-order valence-electron chi connectivity index (χ4n) is 2.92. The molecule has 5 rings (SSSR count). The van der Waals surface area contributed by atoms with Gasteiger partial charge < -0.3 is 22.6 Å². The third-order valence-electron chi connectivity index (χ3n) is 4.35. The Labute approximate surface area is 210 Å². The van der Waals surface area contributed by atoms with Crippen molar-refractivity contribution in [2.24, 2.45) is 0 Å². The van der Waals surface area contributed by atoms with E-state index in [1.54, 1.807) is 10.8 Å². The number of aromatic nitrogens is 6. The molecular weight excluding hydrogens is 617 g/mol. The molecule has 0 atom stereocenters. The van der Waals surface area contributed by atoms with Crippen molar-refractivity contribution in [1.29, 1.82) is 0 Å². The minimum absolute atomic E-state index is 0. The number of hydrogen-bond acceptors (Lipinski definition) is 6. The van der Waals surface area contributed by atoms with Gasteiger partial charge in [-0.2, -0.15) is 9.97 Å². The molecule has 0 aliphatic rings. The Morgan fingerprint density at radius 3 is 2.45 bits per heavy atom. The summed E-state index contributed by atoms with van der Waals surface area (Å²) < 4.78 is 1.62. The second-order valence-electron chi connectivity index (χ2n) is 6.49. The molecule has 0 unspecified atom stereocenters. The molecule has 4 heterocycles. The van der Waals surface area contributed by atoms with Gasteiger partial charge >= 0.3 is 21.1 Å². The van der Waals surface area contributed by atoms with Crippen molar-refractivity contribution in [2.45, 2.75) is 6.54 Å². The maximum atomic E-state index is 6.86. The second-order valence-corrected chi connectivity index (χ2v) is 6.85. The van der Waals surface area contributed by atoms with Crippen LogP contribution >= 0.6 is 11.6 Å². The van der Waals surface area contributed by atoms with Gasteiger partial charge in [0.1, 0.15) is 5.52 Å². The molecular formula is C24H16ClN7Pt. The molecule has 0 bridgehead atoms. The zero-order valence-corrected chi connectivity index (χ0v) is 20.1. The summed E-state index contributed by atoms with van der Waals surface area (Å²) in [5, 5.41) is 0.219. The first kappa shape index (κ1) is 24.1. The van der Waals surface area contributed by atoms with Crippen molar-refractivity contribution < 1.29 is 21.1 Å². The molecule has 7 nitrogen and oxygen atoms in total. The first-order chi connectivity index (χ1) is 15.7. The number of halogens is 1. The molecule has 33 heavy (non-hydrogen) atoms. The van der Waals surface area contributed by atoms with E-state index in [9.17, 15) is 0 Å². The Hall–Kier alpha value is -3.59. The number of hydrogen-bond donors (Lipinski definition) is 1. The second kappa shape index (κ2) is 11.3. The van der Waals surface area contributed by atoms with E-state index >= 15 is 0 Å².